The van der Waals surface area contributed by atoms with Crippen molar-refractivity contribution in [2.45, 2.75) is 26.2 Å². The molecule has 0 atom stereocenters. The minimum Gasteiger partial charge on any atom is -0.455 e. The summed E-state index contributed by atoms with van der Waals surface area (Å²) < 4.78 is 6.76. The van der Waals surface area contributed by atoms with Gasteiger partial charge < -0.3 is 4.42 Å². The molecule has 37 heavy (non-hydrogen) atoms. The number of hydrogen-bond donors (Lipinski definition) is 2. The molecular weight excluding hydrogens is 532 g/mol. The summed E-state index contributed by atoms with van der Waals surface area (Å²) >= 11 is 3.40. The van der Waals surface area contributed by atoms with Gasteiger partial charge in [-0.1, -0.05) is 48.5 Å². The van der Waals surface area contributed by atoms with Crippen molar-refractivity contribution in [2.24, 2.45) is 5.10 Å². The van der Waals surface area contributed by atoms with Crippen LogP contribution in [0.4, 0.5) is 11.4 Å². The van der Waals surface area contributed by atoms with Crippen LogP contribution in [0.15, 0.2) is 98.9 Å². The average molecular weight is 557 g/mol. The van der Waals surface area contributed by atoms with Gasteiger partial charge in [0, 0.05) is 22.0 Å². The fraction of sp³-hybridized carbons (Fsp3) is 0.138. The zero-order valence-corrected chi connectivity index (χ0v) is 21.8. The molecule has 2 amide bonds. The van der Waals surface area contributed by atoms with E-state index in [1.807, 2.05) is 73.7 Å². The molecule has 0 bridgehead atoms. The summed E-state index contributed by atoms with van der Waals surface area (Å²) in [4.78, 5) is 26.1. The number of aryl methyl sites for hydroxylation is 1. The molecule has 0 spiro atoms. The molecule has 8 heteroatoms. The van der Waals surface area contributed by atoms with Gasteiger partial charge in [-0.2, -0.15) is 5.10 Å². The minimum atomic E-state index is -0.365. The number of para-hydroxylation sites is 2. The van der Waals surface area contributed by atoms with E-state index in [-0.39, 0.29) is 17.6 Å². The predicted molar refractivity (Wildman–Crippen MR) is 147 cm³/mol. The van der Waals surface area contributed by atoms with Crippen LogP contribution in [-0.2, 0) is 6.42 Å². The van der Waals surface area contributed by atoms with Crippen molar-refractivity contribution >= 4 is 44.8 Å². The fourth-order valence-electron chi connectivity index (χ4n) is 4.41. The van der Waals surface area contributed by atoms with E-state index in [9.17, 15) is 9.59 Å². The molecule has 1 heterocycles. The van der Waals surface area contributed by atoms with Gasteiger partial charge in [0.2, 0.25) is 0 Å². The Morgan fingerprint density at radius 2 is 1.49 bits per heavy atom. The molecule has 186 valence electrons. The first-order valence-corrected chi connectivity index (χ1v) is 12.8. The molecule has 2 N–H and O–H groups in total. The van der Waals surface area contributed by atoms with Gasteiger partial charge in [0.25, 0.3) is 5.91 Å². The number of carbonyl (C=O) groups is 2. The number of benzene rings is 3. The Morgan fingerprint density at radius 1 is 0.865 bits per heavy atom. The van der Waals surface area contributed by atoms with Gasteiger partial charge in [0.15, 0.2) is 5.76 Å². The summed E-state index contributed by atoms with van der Waals surface area (Å²) in [6, 6.07) is 26.4. The van der Waals surface area contributed by atoms with E-state index in [0.717, 1.165) is 23.4 Å². The highest BCUT2D eigenvalue weighted by Gasteiger charge is 2.29. The van der Waals surface area contributed by atoms with E-state index in [0.29, 0.717) is 39.9 Å². The third-order valence-corrected chi connectivity index (χ3v) is 6.88. The number of amides is 2. The maximum atomic E-state index is 13.5. The Balaban J connectivity index is 1.42. The predicted octanol–water partition coefficient (Wildman–Crippen LogP) is 6.30. The summed E-state index contributed by atoms with van der Waals surface area (Å²) in [5.74, 6) is 0.256. The molecule has 0 saturated carbocycles. The van der Waals surface area contributed by atoms with Crippen molar-refractivity contribution in [3.05, 3.63) is 118 Å². The summed E-state index contributed by atoms with van der Waals surface area (Å²) in [7, 11) is 0. The van der Waals surface area contributed by atoms with E-state index in [4.69, 9.17) is 4.42 Å². The van der Waals surface area contributed by atoms with Crippen molar-refractivity contribution in [2.75, 3.05) is 5.01 Å². The number of carbonyl (C=O) groups excluding carboxylic acids is 2. The number of nitrogens with one attached hydrogen (secondary N) is 2. The Labute approximate surface area is 223 Å². The van der Waals surface area contributed by atoms with Crippen LogP contribution in [0.1, 0.15) is 50.6 Å². The van der Waals surface area contributed by atoms with Crippen LogP contribution in [0, 0.1) is 6.92 Å². The smallest absolute Gasteiger partial charge is 0.306 e. The highest BCUT2D eigenvalue weighted by molar-refractivity contribution is 9.10. The number of nitrogens with zero attached hydrogens (tertiary/aromatic N) is 2. The van der Waals surface area contributed by atoms with Gasteiger partial charge in [0.05, 0.1) is 22.6 Å². The van der Waals surface area contributed by atoms with E-state index >= 15 is 0 Å². The van der Waals surface area contributed by atoms with E-state index in [1.165, 1.54) is 0 Å². The first kappa shape index (κ1) is 24.5. The molecular formula is C29H25BrN4O3. The highest BCUT2D eigenvalue weighted by atomic mass is 79.9. The quantitative estimate of drug-likeness (QED) is 0.272. The number of halogens is 1. The van der Waals surface area contributed by atoms with E-state index in [1.54, 1.807) is 23.2 Å². The van der Waals surface area contributed by atoms with Crippen molar-refractivity contribution < 1.29 is 14.0 Å². The van der Waals surface area contributed by atoms with Crippen LogP contribution in [-0.4, -0.2) is 17.5 Å². The topological polar surface area (TPSA) is 86.9 Å². The second-order valence-corrected chi connectivity index (χ2v) is 9.49. The van der Waals surface area contributed by atoms with Gasteiger partial charge in [-0.05, 0) is 72.1 Å². The number of rotatable bonds is 6. The zero-order valence-electron chi connectivity index (χ0n) is 20.2. The standard InChI is InChI=1S/C29H25BrN4O3/c1-19-26-24(31-32-28(35)22-15-8-9-16-23(22)30)17-10-18-25(26)37-27(19)29(36)33-34(20-11-4-2-5-12-20)21-13-6-3-7-14-21/h2-9,11-16H,10,17-18H2,1H3,(H,32,35)(H,33,36)/b31-24+. The Kier molecular flexibility index (Phi) is 7.18. The molecule has 0 saturated heterocycles. The summed E-state index contributed by atoms with van der Waals surface area (Å²) in [6.45, 7) is 1.85. The van der Waals surface area contributed by atoms with E-state index < -0.39 is 0 Å². The average Bonchev–Trinajstić information content (AvgIpc) is 3.28. The number of fused-ring (bicyclic) bond motifs is 1. The second-order valence-electron chi connectivity index (χ2n) is 8.63. The van der Waals surface area contributed by atoms with Crippen LogP contribution in [0.25, 0.3) is 0 Å². The number of furan rings is 1. The van der Waals surface area contributed by atoms with Gasteiger partial charge in [0.1, 0.15) is 5.76 Å². The largest absolute Gasteiger partial charge is 0.455 e. The second kappa shape index (κ2) is 10.8. The highest BCUT2D eigenvalue weighted by Crippen LogP contribution is 2.31. The zero-order chi connectivity index (χ0) is 25.8. The van der Waals surface area contributed by atoms with Crippen LogP contribution in [0.2, 0.25) is 0 Å². The normalized spacial score (nSPS) is 13.6. The number of hydrogen-bond acceptors (Lipinski definition) is 5. The molecule has 0 aliphatic heterocycles. The molecule has 4 aromatic rings. The van der Waals surface area contributed by atoms with Crippen LogP contribution < -0.4 is 15.9 Å². The van der Waals surface area contributed by atoms with Crippen LogP contribution in [0.5, 0.6) is 0 Å². The first-order chi connectivity index (χ1) is 18.0. The summed E-state index contributed by atoms with van der Waals surface area (Å²) in [5.41, 5.74) is 9.96. The third kappa shape index (κ3) is 5.20. The van der Waals surface area contributed by atoms with Crippen molar-refractivity contribution in [1.29, 1.82) is 0 Å². The molecule has 0 unspecified atom stereocenters. The van der Waals surface area contributed by atoms with Gasteiger partial charge in [-0.15, -0.1) is 0 Å². The lowest BCUT2D eigenvalue weighted by atomic mass is 9.93. The van der Waals surface area contributed by atoms with E-state index in [2.05, 4.69) is 31.9 Å². The van der Waals surface area contributed by atoms with Gasteiger partial charge >= 0.3 is 5.91 Å². The molecule has 1 aliphatic rings. The van der Waals surface area contributed by atoms with Crippen molar-refractivity contribution in [1.82, 2.24) is 10.9 Å². The lowest BCUT2D eigenvalue weighted by Gasteiger charge is -2.25. The Bertz CT molecular complexity index is 1430. The SMILES string of the molecule is Cc1c(C(=O)NN(c2ccccc2)c2ccccc2)oc2c1/C(=N/NC(=O)c1ccccc1Br)CCC2. The number of hydrazine groups is 1. The third-order valence-electron chi connectivity index (χ3n) is 6.18. The molecule has 3 aromatic carbocycles. The first-order valence-electron chi connectivity index (χ1n) is 12.0. The Hall–Kier alpha value is -4.17. The van der Waals surface area contributed by atoms with Crippen molar-refractivity contribution in [3.8, 4) is 0 Å². The molecule has 0 fully saturated rings. The number of anilines is 2. The monoisotopic (exact) mass is 556 g/mol. The van der Waals surface area contributed by atoms with Crippen molar-refractivity contribution in [3.63, 3.8) is 0 Å². The lowest BCUT2D eigenvalue weighted by molar-refractivity contribution is 0.0921. The van der Waals surface area contributed by atoms with Crippen LogP contribution in [0.3, 0.4) is 0 Å². The lowest BCUT2D eigenvalue weighted by Crippen LogP contribution is -2.39. The molecule has 1 aromatic heterocycles. The summed E-state index contributed by atoms with van der Waals surface area (Å²) in [6.07, 6.45) is 2.18. The molecule has 0 radical (unpaired) electrons. The van der Waals surface area contributed by atoms with Gasteiger partial charge in [-0.25, -0.2) is 5.43 Å². The molecule has 1 aliphatic carbocycles. The fourth-order valence-corrected chi connectivity index (χ4v) is 4.87. The molecule has 7 nitrogen and oxygen atoms in total. The van der Waals surface area contributed by atoms with Crippen LogP contribution >= 0.6 is 15.9 Å². The minimum absolute atomic E-state index is 0.230. The maximum absolute atomic E-state index is 13.5. The maximum Gasteiger partial charge on any atom is 0.306 e. The summed E-state index contributed by atoms with van der Waals surface area (Å²) in [5, 5.41) is 6.16. The number of hydrazone groups is 1. The molecule has 5 rings (SSSR count). The Morgan fingerprint density at radius 3 is 2.14 bits per heavy atom. The van der Waals surface area contributed by atoms with Gasteiger partial charge in [-0.3, -0.25) is 20.0 Å².